The van der Waals surface area contributed by atoms with Crippen LogP contribution >= 0.6 is 0 Å². The summed E-state index contributed by atoms with van der Waals surface area (Å²) in [4.78, 5) is 0. The fourth-order valence-electron chi connectivity index (χ4n) is 0.891. The third-order valence-corrected chi connectivity index (χ3v) is 1.47. The van der Waals surface area contributed by atoms with Crippen molar-refractivity contribution in [3.05, 3.63) is 23.8 Å². The van der Waals surface area contributed by atoms with E-state index in [4.69, 9.17) is 15.9 Å². The molecule has 0 atom stereocenters. The van der Waals surface area contributed by atoms with Gasteiger partial charge in [-0.25, -0.2) is 0 Å². The van der Waals surface area contributed by atoms with Crippen LogP contribution in [0.25, 0.3) is 0 Å². The van der Waals surface area contributed by atoms with Crippen molar-refractivity contribution in [2.24, 2.45) is 5.73 Å². The molecule has 0 heterocycles. The summed E-state index contributed by atoms with van der Waals surface area (Å²) in [6, 6.07) is 4.71. The summed E-state index contributed by atoms with van der Waals surface area (Å²) in [5.74, 6) is -0.179. The van der Waals surface area contributed by atoms with Gasteiger partial charge in [-0.3, -0.25) is 0 Å². The molecule has 0 aromatic heterocycles. The summed E-state index contributed by atoms with van der Waals surface area (Å²) in [5, 5.41) is 18.0. The van der Waals surface area contributed by atoms with Crippen LogP contribution in [-0.2, 0) is 6.42 Å². The Kier molecular flexibility index (Phi) is 4.74. The van der Waals surface area contributed by atoms with Gasteiger partial charge in [-0.15, -0.1) is 0 Å². The minimum absolute atomic E-state index is 0. The van der Waals surface area contributed by atoms with E-state index < -0.39 is 0 Å². The first kappa shape index (κ1) is 11.3. The van der Waals surface area contributed by atoms with Crippen LogP contribution in [0.15, 0.2) is 18.2 Å². The van der Waals surface area contributed by atoms with E-state index in [0.717, 1.165) is 5.56 Å². The van der Waals surface area contributed by atoms with E-state index in [1.165, 1.54) is 12.1 Å². The van der Waals surface area contributed by atoms with Gasteiger partial charge in [-0.1, -0.05) is 6.07 Å². The van der Waals surface area contributed by atoms with Gasteiger partial charge in [0.15, 0.2) is 11.5 Å². The Bertz CT molecular complexity index is 253. The molecule has 0 saturated heterocycles. The molecule has 0 amide bonds. The minimum atomic E-state index is -0.0919. The Morgan fingerprint density at radius 1 is 1.17 bits per heavy atom. The van der Waals surface area contributed by atoms with Gasteiger partial charge in [0, 0.05) is 17.1 Å². The van der Waals surface area contributed by atoms with Crippen molar-refractivity contribution in [3.63, 3.8) is 0 Å². The summed E-state index contributed by atoms with van der Waals surface area (Å²) < 4.78 is 0. The van der Waals surface area contributed by atoms with Crippen molar-refractivity contribution < 1.29 is 10.2 Å². The predicted octanol–water partition coefficient (Wildman–Crippen LogP) is 0.218. The number of hydrogen-bond acceptors (Lipinski definition) is 3. The number of phenols is 2. The van der Waals surface area contributed by atoms with E-state index in [1.54, 1.807) is 6.07 Å². The first-order chi connectivity index (χ1) is 5.24. The maximum atomic E-state index is 9.04. The minimum Gasteiger partial charge on any atom is -0.504 e. The SMILES string of the molecule is NCCc1ccc(O)c(O)c1.[Se]. The van der Waals surface area contributed by atoms with Gasteiger partial charge in [0.25, 0.3) is 0 Å². The molecule has 0 aliphatic carbocycles. The predicted molar refractivity (Wildman–Crippen MR) is 48.3 cm³/mol. The monoisotopic (exact) mass is 233 g/mol. The quantitative estimate of drug-likeness (QED) is 0.504. The van der Waals surface area contributed by atoms with Gasteiger partial charge in [0.1, 0.15) is 0 Å². The molecule has 0 aliphatic heterocycles. The van der Waals surface area contributed by atoms with Crippen LogP contribution in [0.2, 0.25) is 0 Å². The molecule has 4 heteroatoms. The van der Waals surface area contributed by atoms with Crippen molar-refractivity contribution in [1.29, 1.82) is 0 Å². The Hall–Kier alpha value is -0.701. The zero-order chi connectivity index (χ0) is 8.27. The van der Waals surface area contributed by atoms with Crippen LogP contribution in [0.1, 0.15) is 5.56 Å². The van der Waals surface area contributed by atoms with Crippen LogP contribution in [0, 0.1) is 0 Å². The fourth-order valence-corrected chi connectivity index (χ4v) is 0.891. The standard InChI is InChI=1S/C8H11NO2.Se/c9-4-3-6-1-2-7(10)8(11)5-6;/h1-2,5,10-11H,3-4,9H2;. The summed E-state index contributed by atoms with van der Waals surface area (Å²) in [5.41, 5.74) is 6.24. The third kappa shape index (κ3) is 2.74. The Balaban J connectivity index is 0.00000121. The number of phenolic OH excluding ortho intramolecular Hbond substituents is 2. The molecule has 3 nitrogen and oxygen atoms in total. The van der Waals surface area contributed by atoms with Gasteiger partial charge in [-0.2, -0.15) is 0 Å². The first-order valence-electron chi connectivity index (χ1n) is 3.45. The van der Waals surface area contributed by atoms with Crippen molar-refractivity contribution in [1.82, 2.24) is 0 Å². The Morgan fingerprint density at radius 2 is 1.83 bits per heavy atom. The van der Waals surface area contributed by atoms with E-state index in [2.05, 4.69) is 0 Å². The molecule has 0 bridgehead atoms. The van der Waals surface area contributed by atoms with Gasteiger partial charge >= 0.3 is 0 Å². The molecule has 0 spiro atoms. The zero-order valence-corrected chi connectivity index (χ0v) is 8.24. The fraction of sp³-hybridized carbons (Fsp3) is 0.250. The van der Waals surface area contributed by atoms with Crippen molar-refractivity contribution in [3.8, 4) is 11.5 Å². The number of nitrogens with two attached hydrogens (primary N) is 1. The van der Waals surface area contributed by atoms with E-state index in [9.17, 15) is 0 Å². The van der Waals surface area contributed by atoms with E-state index >= 15 is 0 Å². The molecular weight excluding hydrogens is 221 g/mol. The van der Waals surface area contributed by atoms with Gasteiger partial charge in [-0.05, 0) is 30.7 Å². The normalized spacial score (nSPS) is 9.08. The Labute approximate surface area is 81.7 Å². The number of aromatic hydroxyl groups is 2. The third-order valence-electron chi connectivity index (χ3n) is 1.47. The van der Waals surface area contributed by atoms with E-state index in [-0.39, 0.29) is 28.6 Å². The Morgan fingerprint density at radius 3 is 2.33 bits per heavy atom. The second-order valence-electron chi connectivity index (χ2n) is 2.36. The number of hydrogen-bond donors (Lipinski definition) is 3. The zero-order valence-electron chi connectivity index (χ0n) is 6.53. The summed E-state index contributed by atoms with van der Waals surface area (Å²) in [7, 11) is 0. The molecule has 4 N–H and O–H groups in total. The first-order valence-corrected chi connectivity index (χ1v) is 3.45. The average molecular weight is 232 g/mol. The van der Waals surface area contributed by atoms with Crippen molar-refractivity contribution in [2.45, 2.75) is 6.42 Å². The summed E-state index contributed by atoms with van der Waals surface area (Å²) in [6.07, 6.45) is 0.716. The second kappa shape index (κ2) is 5.04. The van der Waals surface area contributed by atoms with Crippen molar-refractivity contribution in [2.75, 3.05) is 6.54 Å². The molecule has 1 aromatic rings. The molecule has 0 fully saturated rings. The van der Waals surface area contributed by atoms with Gasteiger partial charge < -0.3 is 15.9 Å². The molecule has 2 radical (unpaired) electrons. The molecule has 1 aromatic carbocycles. The maximum absolute atomic E-state index is 9.04. The van der Waals surface area contributed by atoms with Crippen LogP contribution in [0.3, 0.4) is 0 Å². The average Bonchev–Trinajstić information content (AvgIpc) is 1.98. The van der Waals surface area contributed by atoms with Gasteiger partial charge in [0.2, 0.25) is 0 Å². The van der Waals surface area contributed by atoms with Crippen LogP contribution in [0.4, 0.5) is 0 Å². The van der Waals surface area contributed by atoms with Crippen LogP contribution in [0.5, 0.6) is 11.5 Å². The topological polar surface area (TPSA) is 66.5 Å². The molecule has 0 aliphatic rings. The largest absolute Gasteiger partial charge is 0.504 e. The number of rotatable bonds is 2. The van der Waals surface area contributed by atoms with Crippen LogP contribution < -0.4 is 5.73 Å². The molecule has 12 heavy (non-hydrogen) atoms. The molecule has 0 unspecified atom stereocenters. The summed E-state index contributed by atoms with van der Waals surface area (Å²) >= 11 is 0. The van der Waals surface area contributed by atoms with Crippen molar-refractivity contribution >= 4 is 17.1 Å². The molecule has 0 saturated carbocycles. The van der Waals surface area contributed by atoms with E-state index in [0.29, 0.717) is 13.0 Å². The van der Waals surface area contributed by atoms with Crippen LogP contribution in [-0.4, -0.2) is 33.8 Å². The number of benzene rings is 1. The molecule has 66 valence electrons. The smallest absolute Gasteiger partial charge is 0.157 e. The van der Waals surface area contributed by atoms with E-state index in [1.807, 2.05) is 0 Å². The molecular formula is C8H11NO2Se. The summed E-state index contributed by atoms with van der Waals surface area (Å²) in [6.45, 7) is 0.546. The second-order valence-corrected chi connectivity index (χ2v) is 2.36. The maximum Gasteiger partial charge on any atom is 0.157 e. The van der Waals surface area contributed by atoms with Gasteiger partial charge in [0.05, 0.1) is 0 Å². The molecule has 1 rings (SSSR count).